The highest BCUT2D eigenvalue weighted by Gasteiger charge is 2.11. The number of aromatic nitrogens is 3. The first-order valence-electron chi connectivity index (χ1n) is 8.31. The Bertz CT molecular complexity index is 858. The fourth-order valence-electron chi connectivity index (χ4n) is 2.71. The highest BCUT2D eigenvalue weighted by Crippen LogP contribution is 2.28. The lowest BCUT2D eigenvalue weighted by molar-refractivity contribution is 0.892. The molecule has 0 bridgehead atoms. The van der Waals surface area contributed by atoms with E-state index in [1.165, 1.54) is 5.56 Å². The van der Waals surface area contributed by atoms with Gasteiger partial charge in [0.15, 0.2) is 0 Å². The summed E-state index contributed by atoms with van der Waals surface area (Å²) >= 11 is 0. The summed E-state index contributed by atoms with van der Waals surface area (Å²) in [6, 6.07) is 8.42. The van der Waals surface area contributed by atoms with Crippen molar-refractivity contribution in [1.29, 1.82) is 0 Å². The van der Waals surface area contributed by atoms with Crippen LogP contribution in [0.5, 0.6) is 0 Å². The summed E-state index contributed by atoms with van der Waals surface area (Å²) in [4.78, 5) is 13.5. The SMILES string of the molecule is CCc1ccnc(Nc2cc3ccnc(C)c3c(NC(C)C)n2)c1. The first kappa shape index (κ1) is 16.2. The average Bonchev–Trinajstić information content (AvgIpc) is 2.54. The van der Waals surface area contributed by atoms with Crippen molar-refractivity contribution < 1.29 is 0 Å². The van der Waals surface area contributed by atoms with Gasteiger partial charge in [0, 0.05) is 29.5 Å². The number of rotatable bonds is 5. The molecule has 0 aliphatic heterocycles. The van der Waals surface area contributed by atoms with E-state index in [4.69, 9.17) is 4.98 Å². The Morgan fingerprint density at radius 1 is 1.04 bits per heavy atom. The summed E-state index contributed by atoms with van der Waals surface area (Å²) in [5.74, 6) is 2.43. The summed E-state index contributed by atoms with van der Waals surface area (Å²) in [5, 5.41) is 8.92. The van der Waals surface area contributed by atoms with Crippen LogP contribution in [-0.2, 0) is 6.42 Å². The smallest absolute Gasteiger partial charge is 0.138 e. The minimum absolute atomic E-state index is 0.289. The molecule has 5 nitrogen and oxygen atoms in total. The van der Waals surface area contributed by atoms with Gasteiger partial charge in [0.25, 0.3) is 0 Å². The maximum Gasteiger partial charge on any atom is 0.138 e. The van der Waals surface area contributed by atoms with Crippen molar-refractivity contribution in [3.05, 3.63) is 47.9 Å². The molecule has 0 aromatic carbocycles. The maximum atomic E-state index is 4.75. The summed E-state index contributed by atoms with van der Waals surface area (Å²) in [7, 11) is 0. The summed E-state index contributed by atoms with van der Waals surface area (Å²) in [5.41, 5.74) is 2.22. The van der Waals surface area contributed by atoms with Crippen molar-refractivity contribution in [2.24, 2.45) is 0 Å². The number of nitrogens with zero attached hydrogens (tertiary/aromatic N) is 3. The zero-order valence-corrected chi connectivity index (χ0v) is 14.6. The van der Waals surface area contributed by atoms with Crippen molar-refractivity contribution in [2.75, 3.05) is 10.6 Å². The Balaban J connectivity index is 2.05. The summed E-state index contributed by atoms with van der Waals surface area (Å²) in [6.45, 7) is 8.35. The third kappa shape index (κ3) is 3.45. The molecule has 5 heteroatoms. The number of fused-ring (bicyclic) bond motifs is 1. The van der Waals surface area contributed by atoms with Crippen LogP contribution in [0.4, 0.5) is 17.5 Å². The van der Waals surface area contributed by atoms with Gasteiger partial charge in [-0.2, -0.15) is 0 Å². The number of pyridine rings is 3. The highest BCUT2D eigenvalue weighted by molar-refractivity contribution is 5.95. The Labute approximate surface area is 142 Å². The molecule has 0 saturated heterocycles. The Kier molecular flexibility index (Phi) is 4.60. The molecular formula is C19H23N5. The Morgan fingerprint density at radius 2 is 1.83 bits per heavy atom. The number of aryl methyl sites for hydroxylation is 2. The maximum absolute atomic E-state index is 4.75. The fourth-order valence-corrected chi connectivity index (χ4v) is 2.71. The van der Waals surface area contributed by atoms with Crippen molar-refractivity contribution in [2.45, 2.75) is 40.2 Å². The molecule has 0 radical (unpaired) electrons. The molecule has 0 aliphatic rings. The van der Waals surface area contributed by atoms with Crippen LogP contribution in [0.15, 0.2) is 36.7 Å². The second kappa shape index (κ2) is 6.83. The van der Waals surface area contributed by atoms with Gasteiger partial charge in [-0.1, -0.05) is 6.92 Å². The zero-order chi connectivity index (χ0) is 17.1. The van der Waals surface area contributed by atoms with E-state index in [2.05, 4.69) is 47.4 Å². The van der Waals surface area contributed by atoms with E-state index >= 15 is 0 Å². The number of hydrogen-bond acceptors (Lipinski definition) is 5. The predicted octanol–water partition coefficient (Wildman–Crippen LogP) is 4.46. The molecule has 0 aliphatic carbocycles. The first-order chi connectivity index (χ1) is 11.6. The van der Waals surface area contributed by atoms with Crippen molar-refractivity contribution >= 4 is 28.2 Å². The monoisotopic (exact) mass is 321 g/mol. The topological polar surface area (TPSA) is 62.7 Å². The van der Waals surface area contributed by atoms with E-state index in [1.54, 1.807) is 0 Å². The molecule has 3 rings (SSSR count). The number of hydrogen-bond donors (Lipinski definition) is 2. The molecule has 3 heterocycles. The van der Waals surface area contributed by atoms with Crippen LogP contribution in [0, 0.1) is 6.92 Å². The Morgan fingerprint density at radius 3 is 2.58 bits per heavy atom. The van der Waals surface area contributed by atoms with E-state index in [0.717, 1.165) is 40.3 Å². The Hall–Kier alpha value is -2.69. The van der Waals surface area contributed by atoms with Gasteiger partial charge >= 0.3 is 0 Å². The molecular weight excluding hydrogens is 298 g/mol. The molecule has 124 valence electrons. The second-order valence-corrected chi connectivity index (χ2v) is 6.18. The van der Waals surface area contributed by atoms with E-state index in [0.29, 0.717) is 0 Å². The summed E-state index contributed by atoms with van der Waals surface area (Å²) < 4.78 is 0. The van der Waals surface area contributed by atoms with Gasteiger partial charge in [0.05, 0.1) is 0 Å². The quantitative estimate of drug-likeness (QED) is 0.726. The standard InChI is InChI=1S/C19H23N5/c1-5-14-6-8-21-16(10-14)23-17-11-15-7-9-20-13(4)18(15)19(24-17)22-12(2)3/h6-12H,5H2,1-4H3,(H2,21,22,23,24). The lowest BCUT2D eigenvalue weighted by atomic mass is 10.1. The minimum atomic E-state index is 0.289. The lowest BCUT2D eigenvalue weighted by Gasteiger charge is -2.15. The van der Waals surface area contributed by atoms with Gasteiger partial charge in [0.2, 0.25) is 0 Å². The number of nitrogens with one attached hydrogen (secondary N) is 2. The molecule has 3 aromatic heterocycles. The van der Waals surface area contributed by atoms with Gasteiger partial charge in [-0.15, -0.1) is 0 Å². The minimum Gasteiger partial charge on any atom is -0.367 e. The van der Waals surface area contributed by atoms with Crippen LogP contribution < -0.4 is 10.6 Å². The van der Waals surface area contributed by atoms with Gasteiger partial charge in [0.1, 0.15) is 17.5 Å². The molecule has 0 unspecified atom stereocenters. The molecule has 0 saturated carbocycles. The largest absolute Gasteiger partial charge is 0.367 e. The molecule has 3 aromatic rings. The predicted molar refractivity (Wildman–Crippen MR) is 99.9 cm³/mol. The molecule has 0 fully saturated rings. The third-order valence-electron chi connectivity index (χ3n) is 3.85. The van der Waals surface area contributed by atoms with Gasteiger partial charge in [-0.25, -0.2) is 9.97 Å². The number of anilines is 3. The molecule has 0 amide bonds. The summed E-state index contributed by atoms with van der Waals surface area (Å²) in [6.07, 6.45) is 4.63. The van der Waals surface area contributed by atoms with Gasteiger partial charge in [-0.05, 0) is 62.4 Å². The van der Waals surface area contributed by atoms with Crippen LogP contribution in [-0.4, -0.2) is 21.0 Å². The second-order valence-electron chi connectivity index (χ2n) is 6.18. The van der Waals surface area contributed by atoms with Crippen LogP contribution in [0.2, 0.25) is 0 Å². The van der Waals surface area contributed by atoms with Crippen molar-refractivity contribution in [1.82, 2.24) is 15.0 Å². The lowest BCUT2D eigenvalue weighted by Crippen LogP contribution is -2.12. The van der Waals surface area contributed by atoms with E-state index in [1.807, 2.05) is 37.5 Å². The molecule has 2 N–H and O–H groups in total. The van der Waals surface area contributed by atoms with Crippen LogP contribution in [0.25, 0.3) is 10.8 Å². The van der Waals surface area contributed by atoms with Gasteiger partial charge in [-0.3, -0.25) is 4.98 Å². The molecule has 0 atom stereocenters. The van der Waals surface area contributed by atoms with E-state index in [9.17, 15) is 0 Å². The van der Waals surface area contributed by atoms with Crippen LogP contribution in [0.3, 0.4) is 0 Å². The van der Waals surface area contributed by atoms with Crippen molar-refractivity contribution in [3.8, 4) is 0 Å². The molecule has 0 spiro atoms. The van der Waals surface area contributed by atoms with E-state index in [-0.39, 0.29) is 6.04 Å². The normalized spacial score (nSPS) is 11.0. The van der Waals surface area contributed by atoms with Gasteiger partial charge < -0.3 is 10.6 Å². The fraction of sp³-hybridized carbons (Fsp3) is 0.316. The zero-order valence-electron chi connectivity index (χ0n) is 14.6. The first-order valence-corrected chi connectivity index (χ1v) is 8.31. The molecule has 24 heavy (non-hydrogen) atoms. The van der Waals surface area contributed by atoms with Crippen LogP contribution in [0.1, 0.15) is 32.0 Å². The average molecular weight is 321 g/mol. The van der Waals surface area contributed by atoms with Crippen molar-refractivity contribution in [3.63, 3.8) is 0 Å². The van der Waals surface area contributed by atoms with E-state index < -0.39 is 0 Å². The highest BCUT2D eigenvalue weighted by atomic mass is 15.1. The third-order valence-corrected chi connectivity index (χ3v) is 3.85. The van der Waals surface area contributed by atoms with Crippen LogP contribution >= 0.6 is 0 Å².